The number of hydrazone groups is 1. The monoisotopic (exact) mass is 302 g/mol. The Balaban J connectivity index is 1.88. The molecular formula is C16H15FN2OS. The van der Waals surface area contributed by atoms with Crippen LogP contribution in [0.2, 0.25) is 0 Å². The van der Waals surface area contributed by atoms with Gasteiger partial charge in [0.25, 0.3) is 5.91 Å². The Labute approximate surface area is 127 Å². The molecule has 0 aliphatic rings. The zero-order chi connectivity index (χ0) is 15.1. The van der Waals surface area contributed by atoms with E-state index in [2.05, 4.69) is 10.5 Å². The van der Waals surface area contributed by atoms with Crippen molar-refractivity contribution in [3.05, 3.63) is 66.0 Å². The maximum atomic E-state index is 13.4. The third-order valence-corrected chi connectivity index (χ3v) is 3.82. The number of amides is 1. The molecule has 1 atom stereocenters. The van der Waals surface area contributed by atoms with Crippen LogP contribution in [0.3, 0.4) is 0 Å². The van der Waals surface area contributed by atoms with Gasteiger partial charge in [-0.05, 0) is 25.1 Å². The first-order chi connectivity index (χ1) is 10.2. The van der Waals surface area contributed by atoms with Gasteiger partial charge in [0.15, 0.2) is 0 Å². The third-order valence-electron chi connectivity index (χ3n) is 2.71. The third kappa shape index (κ3) is 4.72. The molecule has 0 bridgehead atoms. The molecule has 0 aromatic heterocycles. The Bertz CT molecular complexity index is 631. The molecule has 0 radical (unpaired) electrons. The predicted octanol–water partition coefficient (Wildman–Crippen LogP) is 3.46. The van der Waals surface area contributed by atoms with Gasteiger partial charge in [0.05, 0.1) is 11.5 Å². The van der Waals surface area contributed by atoms with Gasteiger partial charge in [-0.15, -0.1) is 11.8 Å². The first kappa shape index (κ1) is 15.3. The van der Waals surface area contributed by atoms with Crippen LogP contribution in [0.4, 0.5) is 4.39 Å². The number of carbonyl (C=O) groups excluding carboxylic acids is 1. The highest BCUT2D eigenvalue weighted by Gasteiger charge is 2.13. The van der Waals surface area contributed by atoms with E-state index in [4.69, 9.17) is 0 Å². The average molecular weight is 302 g/mol. The summed E-state index contributed by atoms with van der Waals surface area (Å²) in [4.78, 5) is 12.9. The molecule has 0 aliphatic heterocycles. The molecule has 1 N–H and O–H groups in total. The lowest BCUT2D eigenvalue weighted by Gasteiger charge is -2.08. The lowest BCUT2D eigenvalue weighted by molar-refractivity contribution is -0.120. The summed E-state index contributed by atoms with van der Waals surface area (Å²) in [6, 6.07) is 15.9. The number of thioether (sulfide) groups is 1. The van der Waals surface area contributed by atoms with Crippen molar-refractivity contribution in [1.29, 1.82) is 0 Å². The quantitative estimate of drug-likeness (QED) is 0.522. The van der Waals surface area contributed by atoms with E-state index in [-0.39, 0.29) is 17.0 Å². The molecule has 1 amide bonds. The summed E-state index contributed by atoms with van der Waals surface area (Å²) in [5, 5.41) is 3.50. The van der Waals surface area contributed by atoms with Crippen molar-refractivity contribution in [3.63, 3.8) is 0 Å². The smallest absolute Gasteiger partial charge is 0.253 e. The predicted molar refractivity (Wildman–Crippen MR) is 83.9 cm³/mol. The second kappa shape index (κ2) is 7.59. The van der Waals surface area contributed by atoms with E-state index in [0.717, 1.165) is 4.90 Å². The fourth-order valence-corrected chi connectivity index (χ4v) is 2.48. The molecule has 2 aromatic rings. The van der Waals surface area contributed by atoms with Crippen molar-refractivity contribution in [1.82, 2.24) is 5.43 Å². The summed E-state index contributed by atoms with van der Waals surface area (Å²) in [5.41, 5.74) is 2.76. The van der Waals surface area contributed by atoms with Gasteiger partial charge in [0.2, 0.25) is 0 Å². The number of nitrogens with one attached hydrogen (secondary N) is 1. The van der Waals surface area contributed by atoms with Crippen LogP contribution in [0.15, 0.2) is 64.6 Å². The van der Waals surface area contributed by atoms with Gasteiger partial charge in [-0.2, -0.15) is 5.10 Å². The van der Waals surface area contributed by atoms with Gasteiger partial charge < -0.3 is 0 Å². The molecule has 0 aliphatic carbocycles. The first-order valence-corrected chi connectivity index (χ1v) is 7.34. The largest absolute Gasteiger partial charge is 0.272 e. The minimum absolute atomic E-state index is 0.226. The molecule has 0 spiro atoms. The average Bonchev–Trinajstić information content (AvgIpc) is 2.50. The number of carbonyl (C=O) groups is 1. The number of rotatable bonds is 5. The maximum absolute atomic E-state index is 13.4. The van der Waals surface area contributed by atoms with Crippen molar-refractivity contribution >= 4 is 23.9 Å². The standard InChI is InChI=1S/C16H15FN2OS/c1-12(21-14-8-3-2-4-9-14)16(20)19-18-11-13-7-5-6-10-15(13)17/h2-12H,1H3,(H,19,20)/b18-11-/t12-/m0/s1. The fourth-order valence-electron chi connectivity index (χ4n) is 1.59. The Morgan fingerprint density at radius 1 is 1.19 bits per heavy atom. The van der Waals surface area contributed by atoms with Gasteiger partial charge in [-0.25, -0.2) is 9.82 Å². The first-order valence-electron chi connectivity index (χ1n) is 6.46. The van der Waals surface area contributed by atoms with Gasteiger partial charge >= 0.3 is 0 Å². The molecule has 108 valence electrons. The van der Waals surface area contributed by atoms with E-state index in [1.165, 1.54) is 24.0 Å². The number of halogens is 1. The number of benzene rings is 2. The molecule has 3 nitrogen and oxygen atoms in total. The maximum Gasteiger partial charge on any atom is 0.253 e. The topological polar surface area (TPSA) is 41.5 Å². The second-order valence-corrected chi connectivity index (χ2v) is 5.74. The molecule has 0 heterocycles. The van der Waals surface area contributed by atoms with Crippen LogP contribution >= 0.6 is 11.8 Å². The summed E-state index contributed by atoms with van der Waals surface area (Å²) in [5.74, 6) is -0.598. The summed E-state index contributed by atoms with van der Waals surface area (Å²) in [6.45, 7) is 1.80. The number of hydrogen-bond donors (Lipinski definition) is 1. The van der Waals surface area contributed by atoms with Crippen LogP contribution in [0.5, 0.6) is 0 Å². The molecule has 0 saturated carbocycles. The molecule has 0 saturated heterocycles. The molecule has 0 fully saturated rings. The summed E-state index contributed by atoms with van der Waals surface area (Å²) >= 11 is 1.44. The van der Waals surface area contributed by atoms with E-state index in [9.17, 15) is 9.18 Å². The van der Waals surface area contributed by atoms with Gasteiger partial charge in [-0.3, -0.25) is 4.79 Å². The number of nitrogens with zero attached hydrogens (tertiary/aromatic N) is 1. The second-order valence-electron chi connectivity index (χ2n) is 4.33. The Hall–Kier alpha value is -2.14. The van der Waals surface area contributed by atoms with Crippen molar-refractivity contribution in [3.8, 4) is 0 Å². The van der Waals surface area contributed by atoms with Crippen LogP contribution in [-0.2, 0) is 4.79 Å². The van der Waals surface area contributed by atoms with E-state index >= 15 is 0 Å². The van der Waals surface area contributed by atoms with Gasteiger partial charge in [0, 0.05) is 10.5 Å². The Morgan fingerprint density at radius 3 is 2.57 bits per heavy atom. The highest BCUT2D eigenvalue weighted by molar-refractivity contribution is 8.00. The molecule has 21 heavy (non-hydrogen) atoms. The van der Waals surface area contributed by atoms with Crippen LogP contribution in [-0.4, -0.2) is 17.4 Å². The molecule has 2 rings (SSSR count). The van der Waals surface area contributed by atoms with E-state index in [1.807, 2.05) is 30.3 Å². The molecular weight excluding hydrogens is 287 g/mol. The fraction of sp³-hybridized carbons (Fsp3) is 0.125. The van der Waals surface area contributed by atoms with Crippen molar-refractivity contribution in [2.75, 3.05) is 0 Å². The lowest BCUT2D eigenvalue weighted by atomic mass is 10.2. The highest BCUT2D eigenvalue weighted by atomic mass is 32.2. The van der Waals surface area contributed by atoms with Crippen molar-refractivity contribution in [2.24, 2.45) is 5.10 Å². The van der Waals surface area contributed by atoms with Crippen molar-refractivity contribution in [2.45, 2.75) is 17.1 Å². The number of hydrogen-bond acceptors (Lipinski definition) is 3. The molecule has 2 aromatic carbocycles. The molecule has 0 unspecified atom stereocenters. The normalized spacial score (nSPS) is 12.3. The van der Waals surface area contributed by atoms with Crippen LogP contribution in [0.1, 0.15) is 12.5 Å². The Kier molecular flexibility index (Phi) is 5.51. The summed E-state index contributed by atoms with van der Waals surface area (Å²) in [7, 11) is 0. The highest BCUT2D eigenvalue weighted by Crippen LogP contribution is 2.22. The van der Waals surface area contributed by atoms with Crippen LogP contribution < -0.4 is 5.43 Å². The zero-order valence-electron chi connectivity index (χ0n) is 11.5. The zero-order valence-corrected chi connectivity index (χ0v) is 12.3. The van der Waals surface area contributed by atoms with E-state index in [1.54, 1.807) is 25.1 Å². The minimum Gasteiger partial charge on any atom is -0.272 e. The van der Waals surface area contributed by atoms with Gasteiger partial charge in [0.1, 0.15) is 5.82 Å². The van der Waals surface area contributed by atoms with E-state index < -0.39 is 0 Å². The van der Waals surface area contributed by atoms with Crippen LogP contribution in [0, 0.1) is 5.82 Å². The van der Waals surface area contributed by atoms with E-state index in [0.29, 0.717) is 5.56 Å². The van der Waals surface area contributed by atoms with Crippen molar-refractivity contribution < 1.29 is 9.18 Å². The summed E-state index contributed by atoms with van der Waals surface area (Å²) in [6.07, 6.45) is 1.30. The molecule has 5 heteroatoms. The Morgan fingerprint density at radius 2 is 1.86 bits per heavy atom. The van der Waals surface area contributed by atoms with Gasteiger partial charge in [-0.1, -0.05) is 36.4 Å². The lowest BCUT2D eigenvalue weighted by Crippen LogP contribution is -2.26. The minimum atomic E-state index is -0.373. The SMILES string of the molecule is C[C@H](Sc1ccccc1)C(=O)N/N=C\c1ccccc1F. The van der Waals surface area contributed by atoms with Crippen LogP contribution in [0.25, 0.3) is 0 Å². The summed E-state index contributed by atoms with van der Waals surface area (Å²) < 4.78 is 13.4.